The first-order chi connectivity index (χ1) is 25.9. The molecule has 5 rings (SSSR count). The van der Waals surface area contributed by atoms with E-state index in [0.29, 0.717) is 19.3 Å². The van der Waals surface area contributed by atoms with Crippen LogP contribution < -0.4 is 5.19 Å². The molecule has 5 heteroatoms. The van der Waals surface area contributed by atoms with Crippen LogP contribution in [0.2, 0.25) is 18.6 Å². The normalized spacial score (nSPS) is 15.6. The van der Waals surface area contributed by atoms with Crippen molar-refractivity contribution in [2.75, 3.05) is 6.61 Å². The Bertz CT molecular complexity index is 1590. The lowest BCUT2D eigenvalue weighted by Gasteiger charge is -2.38. The van der Waals surface area contributed by atoms with Gasteiger partial charge in [0.1, 0.15) is 5.60 Å². The van der Waals surface area contributed by atoms with Gasteiger partial charge in [0.25, 0.3) is 0 Å². The van der Waals surface area contributed by atoms with Crippen LogP contribution in [-0.4, -0.2) is 37.4 Å². The van der Waals surface area contributed by atoms with Gasteiger partial charge in [-0.25, -0.2) is 0 Å². The SMILES string of the molecule is CCCCCCCCCCC/C=C\[C@@H](CC(=O)N1C(=O)CC[C@H]1COC(c1ccccc1)(c1ccccc1)c1ccccc1)[Si](C)(C)c1ccccc1. The van der Waals surface area contributed by atoms with Gasteiger partial charge in [0.2, 0.25) is 11.8 Å². The summed E-state index contributed by atoms with van der Waals surface area (Å²) in [7, 11) is -2.12. The van der Waals surface area contributed by atoms with Crippen LogP contribution in [0.25, 0.3) is 0 Å². The minimum absolute atomic E-state index is 0.0722. The molecule has 0 N–H and O–H groups in total. The molecule has 0 aliphatic carbocycles. The molecule has 0 unspecified atom stereocenters. The van der Waals surface area contributed by atoms with E-state index in [0.717, 1.165) is 23.1 Å². The Balaban J connectivity index is 1.33. The molecule has 1 aliphatic rings. The number of ether oxygens (including phenoxy) is 1. The Morgan fingerprint density at radius 2 is 1.21 bits per heavy atom. The molecule has 1 fully saturated rings. The number of benzene rings is 4. The molecule has 0 aromatic heterocycles. The lowest BCUT2D eigenvalue weighted by atomic mass is 9.80. The molecule has 53 heavy (non-hydrogen) atoms. The maximum absolute atomic E-state index is 14.4. The van der Waals surface area contributed by atoms with E-state index in [2.05, 4.69) is 98.9 Å². The molecule has 4 aromatic rings. The van der Waals surface area contributed by atoms with Gasteiger partial charge >= 0.3 is 0 Å². The van der Waals surface area contributed by atoms with E-state index in [1.54, 1.807) is 4.90 Å². The molecule has 2 atom stereocenters. The second kappa shape index (κ2) is 20.4. The lowest BCUT2D eigenvalue weighted by molar-refractivity contribution is -0.145. The van der Waals surface area contributed by atoms with Crippen molar-refractivity contribution in [2.24, 2.45) is 0 Å². The highest BCUT2D eigenvalue weighted by Crippen LogP contribution is 2.41. The summed E-state index contributed by atoms with van der Waals surface area (Å²) in [5.41, 5.74) is 2.18. The molecule has 0 saturated carbocycles. The van der Waals surface area contributed by atoms with Crippen LogP contribution in [-0.2, 0) is 19.9 Å². The van der Waals surface area contributed by atoms with Crippen LogP contribution >= 0.6 is 0 Å². The molecule has 1 saturated heterocycles. The van der Waals surface area contributed by atoms with Gasteiger partial charge in [-0.05, 0) is 41.5 Å². The summed E-state index contributed by atoms with van der Waals surface area (Å²) in [6.07, 6.45) is 18.7. The maximum atomic E-state index is 14.4. The fourth-order valence-corrected chi connectivity index (χ4v) is 10.8. The summed E-state index contributed by atoms with van der Waals surface area (Å²) in [5, 5.41) is 1.33. The predicted molar refractivity (Wildman–Crippen MR) is 223 cm³/mol. The van der Waals surface area contributed by atoms with Gasteiger partial charge in [0.05, 0.1) is 20.7 Å². The minimum Gasteiger partial charge on any atom is -0.359 e. The van der Waals surface area contributed by atoms with Crippen molar-refractivity contribution in [2.45, 2.75) is 121 Å². The topological polar surface area (TPSA) is 46.6 Å². The number of hydrogen-bond donors (Lipinski definition) is 0. The maximum Gasteiger partial charge on any atom is 0.229 e. The van der Waals surface area contributed by atoms with Crippen LogP contribution in [0.5, 0.6) is 0 Å². The Labute approximate surface area is 320 Å². The zero-order valence-corrected chi connectivity index (χ0v) is 33.4. The molecule has 4 aromatic carbocycles. The van der Waals surface area contributed by atoms with Crippen molar-refractivity contribution in [1.82, 2.24) is 4.90 Å². The van der Waals surface area contributed by atoms with E-state index in [9.17, 15) is 9.59 Å². The zero-order valence-electron chi connectivity index (χ0n) is 32.4. The highest BCUT2D eigenvalue weighted by Gasteiger charge is 2.43. The van der Waals surface area contributed by atoms with Crippen molar-refractivity contribution < 1.29 is 14.3 Å². The second-order valence-corrected chi connectivity index (χ2v) is 20.1. The van der Waals surface area contributed by atoms with Crippen LogP contribution in [0.15, 0.2) is 133 Å². The van der Waals surface area contributed by atoms with E-state index < -0.39 is 13.7 Å². The first-order valence-corrected chi connectivity index (χ1v) is 23.3. The number of carbonyl (C=O) groups is 2. The highest BCUT2D eigenvalue weighted by molar-refractivity contribution is 6.91. The number of amides is 2. The van der Waals surface area contributed by atoms with Crippen molar-refractivity contribution >= 4 is 25.1 Å². The van der Waals surface area contributed by atoms with Gasteiger partial charge in [-0.15, -0.1) is 0 Å². The van der Waals surface area contributed by atoms with Crippen LogP contribution in [0, 0.1) is 0 Å². The third-order valence-electron chi connectivity index (χ3n) is 11.3. The smallest absolute Gasteiger partial charge is 0.229 e. The van der Waals surface area contributed by atoms with Crippen LogP contribution in [0.3, 0.4) is 0 Å². The molecule has 0 radical (unpaired) electrons. The summed E-state index contributed by atoms with van der Waals surface area (Å²) in [6, 6.07) is 41.2. The van der Waals surface area contributed by atoms with Crippen molar-refractivity contribution in [3.63, 3.8) is 0 Å². The van der Waals surface area contributed by atoms with Gasteiger partial charge in [0, 0.05) is 12.8 Å². The van der Waals surface area contributed by atoms with Gasteiger partial charge in [-0.1, -0.05) is 210 Å². The standard InChI is InChI=1S/C48H61NO3Si/c1-4-5-6-7-8-9-10-11-12-13-24-35-45(53(2,3)44-33-25-17-26-34-44)38-47(51)49-43(36-37-46(49)50)39-52-48(40-27-18-14-19-28-40,41-29-20-15-21-30-41)42-31-22-16-23-32-42/h14-35,43,45H,4-13,36-39H2,1-3H3/b35-24-/t43-,45-/m0/s1. The summed E-state index contributed by atoms with van der Waals surface area (Å²) in [4.78, 5) is 29.6. The second-order valence-electron chi connectivity index (χ2n) is 15.4. The summed E-state index contributed by atoms with van der Waals surface area (Å²) < 4.78 is 7.13. The average molecular weight is 728 g/mol. The van der Waals surface area contributed by atoms with E-state index in [-0.39, 0.29) is 30.0 Å². The number of imide groups is 1. The summed E-state index contributed by atoms with van der Waals surface area (Å²) >= 11 is 0. The van der Waals surface area contributed by atoms with Gasteiger partial charge in [-0.3, -0.25) is 14.5 Å². The minimum atomic E-state index is -2.12. The van der Waals surface area contributed by atoms with E-state index in [1.807, 2.05) is 54.6 Å². The number of likely N-dealkylation sites (tertiary alicyclic amines) is 1. The van der Waals surface area contributed by atoms with Crippen LogP contribution in [0.4, 0.5) is 0 Å². The van der Waals surface area contributed by atoms with Crippen molar-refractivity contribution in [3.8, 4) is 0 Å². The number of hydrogen-bond acceptors (Lipinski definition) is 3. The largest absolute Gasteiger partial charge is 0.359 e. The number of carbonyl (C=O) groups excluding carboxylic acids is 2. The Kier molecular flexibility index (Phi) is 15.5. The van der Waals surface area contributed by atoms with E-state index in [1.165, 1.54) is 63.0 Å². The van der Waals surface area contributed by atoms with E-state index >= 15 is 0 Å². The third kappa shape index (κ3) is 10.5. The molecule has 1 heterocycles. The molecule has 1 aliphatic heterocycles. The van der Waals surface area contributed by atoms with Crippen molar-refractivity contribution in [1.29, 1.82) is 0 Å². The molecule has 0 bridgehead atoms. The first kappa shape index (κ1) is 40.1. The fourth-order valence-electron chi connectivity index (χ4n) is 8.00. The molecular weight excluding hydrogens is 667 g/mol. The first-order valence-electron chi connectivity index (χ1n) is 20.3. The lowest BCUT2D eigenvalue weighted by Crippen LogP contribution is -2.49. The molecule has 4 nitrogen and oxygen atoms in total. The third-order valence-corrected chi connectivity index (χ3v) is 15.4. The summed E-state index contributed by atoms with van der Waals surface area (Å²) in [5.74, 6) is -0.176. The number of allylic oxidation sites excluding steroid dienone is 2. The fraction of sp³-hybridized carbons (Fsp3) is 0.417. The average Bonchev–Trinajstić information content (AvgIpc) is 3.58. The summed E-state index contributed by atoms with van der Waals surface area (Å²) in [6.45, 7) is 7.24. The van der Waals surface area contributed by atoms with Crippen molar-refractivity contribution in [3.05, 3.63) is 150 Å². The zero-order chi connectivity index (χ0) is 37.4. The van der Waals surface area contributed by atoms with Gasteiger partial charge in [-0.2, -0.15) is 0 Å². The monoisotopic (exact) mass is 727 g/mol. The molecule has 0 spiro atoms. The number of nitrogens with zero attached hydrogens (tertiary/aromatic N) is 1. The predicted octanol–water partition coefficient (Wildman–Crippen LogP) is 11.4. The van der Waals surface area contributed by atoms with Gasteiger partial charge in [0.15, 0.2) is 0 Å². The van der Waals surface area contributed by atoms with Crippen LogP contribution in [0.1, 0.15) is 107 Å². The Hall–Kier alpha value is -4.06. The molecule has 2 amide bonds. The number of unbranched alkanes of at least 4 members (excludes halogenated alkanes) is 9. The Morgan fingerprint density at radius 1 is 0.736 bits per heavy atom. The molecular formula is C48H61NO3Si. The van der Waals surface area contributed by atoms with E-state index in [4.69, 9.17) is 4.74 Å². The highest BCUT2D eigenvalue weighted by atomic mass is 28.3. The molecule has 280 valence electrons. The van der Waals surface area contributed by atoms with Gasteiger partial charge < -0.3 is 4.74 Å². The number of rotatable bonds is 21. The Morgan fingerprint density at radius 3 is 1.72 bits per heavy atom. The quantitative estimate of drug-likeness (QED) is 0.0372.